The second-order valence-electron chi connectivity index (χ2n) is 4.69. The van der Waals surface area contributed by atoms with Crippen LogP contribution < -0.4 is 10.2 Å². The van der Waals surface area contributed by atoms with Crippen LogP contribution in [0.25, 0.3) is 0 Å². The van der Waals surface area contributed by atoms with Crippen molar-refractivity contribution in [2.75, 3.05) is 45.7 Å². The van der Waals surface area contributed by atoms with Gasteiger partial charge in [0.2, 0.25) is 0 Å². The number of urea groups is 1. The van der Waals surface area contributed by atoms with Gasteiger partial charge in [0, 0.05) is 39.9 Å². The van der Waals surface area contributed by atoms with Crippen molar-refractivity contribution in [2.24, 2.45) is 0 Å². The average molecular weight is 265 g/mol. The van der Waals surface area contributed by atoms with Gasteiger partial charge in [0.15, 0.2) is 0 Å². The van der Waals surface area contributed by atoms with E-state index in [9.17, 15) is 4.79 Å². The van der Waals surface area contributed by atoms with E-state index in [0.29, 0.717) is 13.1 Å². The zero-order valence-corrected chi connectivity index (χ0v) is 11.9. The van der Waals surface area contributed by atoms with E-state index in [2.05, 4.69) is 34.5 Å². The second kappa shape index (κ2) is 7.63. The molecule has 0 aliphatic heterocycles. The highest BCUT2D eigenvalue weighted by atomic mass is 16.3. The van der Waals surface area contributed by atoms with Crippen LogP contribution in [0.4, 0.5) is 10.5 Å². The summed E-state index contributed by atoms with van der Waals surface area (Å²) in [6.07, 6.45) is 0.798. The lowest BCUT2D eigenvalue weighted by molar-refractivity contribution is 0.190. The lowest BCUT2D eigenvalue weighted by Crippen LogP contribution is -2.39. The quantitative estimate of drug-likeness (QED) is 0.804. The van der Waals surface area contributed by atoms with Gasteiger partial charge in [0.1, 0.15) is 0 Å². The first-order chi connectivity index (χ1) is 9.04. The molecule has 0 aliphatic rings. The molecule has 0 saturated heterocycles. The number of likely N-dealkylation sites (N-methyl/N-ethyl adjacent to an activating group) is 1. The summed E-state index contributed by atoms with van der Waals surface area (Å²) < 4.78 is 0. The third-order valence-corrected chi connectivity index (χ3v) is 2.92. The summed E-state index contributed by atoms with van der Waals surface area (Å²) in [4.78, 5) is 15.1. The number of nitrogens with zero attached hydrogens (tertiary/aromatic N) is 2. The Morgan fingerprint density at radius 2 is 1.84 bits per heavy atom. The Morgan fingerprint density at radius 1 is 1.21 bits per heavy atom. The predicted octanol–water partition coefficient (Wildman–Crippen LogP) is 0.929. The van der Waals surface area contributed by atoms with Gasteiger partial charge in [-0.2, -0.15) is 0 Å². The number of hydrogen-bond acceptors (Lipinski definition) is 3. The van der Waals surface area contributed by atoms with Crippen LogP contribution in [-0.4, -0.2) is 56.9 Å². The van der Waals surface area contributed by atoms with Crippen molar-refractivity contribution in [3.05, 3.63) is 29.8 Å². The highest BCUT2D eigenvalue weighted by Crippen LogP contribution is 2.12. The molecule has 0 atom stereocenters. The number of benzene rings is 1. The summed E-state index contributed by atoms with van der Waals surface area (Å²) >= 11 is 0. The van der Waals surface area contributed by atoms with Gasteiger partial charge < -0.3 is 20.2 Å². The van der Waals surface area contributed by atoms with Crippen LogP contribution in [0.1, 0.15) is 5.56 Å². The molecule has 0 unspecified atom stereocenters. The number of nitrogens with one attached hydrogen (secondary N) is 1. The number of aliphatic hydroxyl groups excluding tert-OH is 1. The molecule has 5 nitrogen and oxygen atoms in total. The molecule has 0 heterocycles. The summed E-state index contributed by atoms with van der Waals surface area (Å²) in [6, 6.07) is 8.11. The zero-order chi connectivity index (χ0) is 14.3. The molecule has 2 amide bonds. The summed E-state index contributed by atoms with van der Waals surface area (Å²) in [6.45, 7) is 0.926. The molecule has 0 bridgehead atoms. The third-order valence-electron chi connectivity index (χ3n) is 2.92. The number of hydrogen-bond donors (Lipinski definition) is 2. The largest absolute Gasteiger partial charge is 0.395 e. The van der Waals surface area contributed by atoms with Crippen LogP contribution in [0.3, 0.4) is 0 Å². The Morgan fingerprint density at radius 3 is 2.37 bits per heavy atom. The van der Waals surface area contributed by atoms with Gasteiger partial charge in [-0.3, -0.25) is 0 Å². The Labute approximate surface area is 114 Å². The normalized spacial score (nSPS) is 10.1. The lowest BCUT2D eigenvalue weighted by Gasteiger charge is -2.16. The van der Waals surface area contributed by atoms with E-state index in [4.69, 9.17) is 5.11 Å². The van der Waals surface area contributed by atoms with Crippen molar-refractivity contribution >= 4 is 11.7 Å². The van der Waals surface area contributed by atoms with E-state index in [1.165, 1.54) is 10.5 Å². The fourth-order valence-electron chi connectivity index (χ4n) is 1.66. The number of rotatable bonds is 6. The van der Waals surface area contributed by atoms with Crippen molar-refractivity contribution in [3.8, 4) is 0 Å². The smallest absolute Gasteiger partial charge is 0.317 e. The molecule has 2 N–H and O–H groups in total. The van der Waals surface area contributed by atoms with E-state index >= 15 is 0 Å². The second-order valence-corrected chi connectivity index (χ2v) is 4.69. The molecule has 1 rings (SSSR count). The molecule has 0 fully saturated rings. The first-order valence-electron chi connectivity index (χ1n) is 6.40. The fourth-order valence-corrected chi connectivity index (χ4v) is 1.66. The van der Waals surface area contributed by atoms with Crippen molar-refractivity contribution in [1.82, 2.24) is 10.2 Å². The van der Waals surface area contributed by atoms with E-state index in [-0.39, 0.29) is 12.6 Å². The predicted molar refractivity (Wildman–Crippen MR) is 77.6 cm³/mol. The van der Waals surface area contributed by atoms with E-state index in [1.807, 2.05) is 14.1 Å². The number of anilines is 1. The summed E-state index contributed by atoms with van der Waals surface area (Å²) in [5.41, 5.74) is 2.35. The van der Waals surface area contributed by atoms with Gasteiger partial charge >= 0.3 is 6.03 Å². The zero-order valence-electron chi connectivity index (χ0n) is 11.9. The molecule has 0 radical (unpaired) electrons. The molecule has 0 aromatic heterocycles. The van der Waals surface area contributed by atoms with E-state index in [1.54, 1.807) is 7.05 Å². The highest BCUT2D eigenvalue weighted by molar-refractivity contribution is 5.73. The lowest BCUT2D eigenvalue weighted by atomic mass is 10.1. The molecule has 0 saturated carbocycles. The Kier molecular flexibility index (Phi) is 6.15. The average Bonchev–Trinajstić information content (AvgIpc) is 2.39. The number of aliphatic hydroxyl groups is 1. The van der Waals surface area contributed by atoms with Crippen LogP contribution in [0.2, 0.25) is 0 Å². The fraction of sp³-hybridized carbons (Fsp3) is 0.500. The maximum absolute atomic E-state index is 11.6. The van der Waals surface area contributed by atoms with Gasteiger partial charge in [-0.15, -0.1) is 0 Å². The molecular weight excluding hydrogens is 242 g/mol. The number of amides is 2. The minimum atomic E-state index is -0.154. The van der Waals surface area contributed by atoms with E-state index < -0.39 is 0 Å². The summed E-state index contributed by atoms with van der Waals surface area (Å²) in [7, 11) is 5.68. The van der Waals surface area contributed by atoms with Gasteiger partial charge in [-0.25, -0.2) is 4.79 Å². The maximum atomic E-state index is 11.6. The molecule has 5 heteroatoms. The minimum absolute atomic E-state index is 0.0179. The number of carbonyl (C=O) groups is 1. The molecule has 1 aromatic carbocycles. The van der Waals surface area contributed by atoms with Gasteiger partial charge in [-0.1, -0.05) is 12.1 Å². The molecule has 1 aromatic rings. The van der Waals surface area contributed by atoms with Gasteiger partial charge in [-0.05, 0) is 24.1 Å². The summed E-state index contributed by atoms with van der Waals surface area (Å²) in [5.74, 6) is 0. The molecule has 0 aliphatic carbocycles. The standard InChI is InChI=1S/C14H23N3O2/c1-16(2)13-6-4-12(5-7-13)8-9-15-14(19)17(3)10-11-18/h4-7,18H,8-11H2,1-3H3,(H,15,19). The summed E-state index contributed by atoms with van der Waals surface area (Å²) in [5, 5.41) is 11.6. The number of carbonyl (C=O) groups excluding carboxylic acids is 1. The van der Waals surface area contributed by atoms with Crippen LogP contribution in [0, 0.1) is 0 Å². The Hall–Kier alpha value is -1.75. The molecule has 0 spiro atoms. The first-order valence-corrected chi connectivity index (χ1v) is 6.40. The first kappa shape index (κ1) is 15.3. The van der Waals surface area contributed by atoms with Gasteiger partial charge in [0.25, 0.3) is 0 Å². The minimum Gasteiger partial charge on any atom is -0.395 e. The van der Waals surface area contributed by atoms with Crippen LogP contribution in [0.15, 0.2) is 24.3 Å². The van der Waals surface area contributed by atoms with Crippen LogP contribution in [0.5, 0.6) is 0 Å². The Balaban J connectivity index is 2.35. The Bertz CT molecular complexity index is 390. The monoisotopic (exact) mass is 265 g/mol. The van der Waals surface area contributed by atoms with Crippen molar-refractivity contribution < 1.29 is 9.90 Å². The van der Waals surface area contributed by atoms with Crippen molar-refractivity contribution in [3.63, 3.8) is 0 Å². The van der Waals surface area contributed by atoms with E-state index in [0.717, 1.165) is 12.1 Å². The topological polar surface area (TPSA) is 55.8 Å². The molecule has 106 valence electrons. The van der Waals surface area contributed by atoms with Gasteiger partial charge in [0.05, 0.1) is 6.61 Å². The van der Waals surface area contributed by atoms with Crippen LogP contribution >= 0.6 is 0 Å². The maximum Gasteiger partial charge on any atom is 0.317 e. The van der Waals surface area contributed by atoms with Crippen molar-refractivity contribution in [1.29, 1.82) is 0 Å². The molecule has 19 heavy (non-hydrogen) atoms. The third kappa shape index (κ3) is 5.18. The van der Waals surface area contributed by atoms with Crippen molar-refractivity contribution in [2.45, 2.75) is 6.42 Å². The highest BCUT2D eigenvalue weighted by Gasteiger charge is 2.06. The van der Waals surface area contributed by atoms with Crippen LogP contribution in [-0.2, 0) is 6.42 Å². The molecular formula is C14H23N3O2. The SMILES string of the molecule is CN(CCO)C(=O)NCCc1ccc(N(C)C)cc1.